The average Bonchev–Trinajstić information content (AvgIpc) is 2.43. The molecule has 0 bridgehead atoms. The van der Waals surface area contributed by atoms with Gasteiger partial charge in [0.25, 0.3) is 0 Å². The molecule has 5 nitrogen and oxygen atoms in total. The normalized spacial score (nSPS) is 23.4. The topological polar surface area (TPSA) is 44.8 Å². The molecule has 116 valence electrons. The van der Waals surface area contributed by atoms with Gasteiger partial charge in [-0.05, 0) is 32.7 Å². The zero-order valence-corrected chi connectivity index (χ0v) is 13.2. The Balaban J connectivity index is 1.70. The van der Waals surface area contributed by atoms with Gasteiger partial charge in [-0.1, -0.05) is 6.92 Å². The number of piperidine rings is 1. The van der Waals surface area contributed by atoms with E-state index in [2.05, 4.69) is 24.1 Å². The largest absolute Gasteiger partial charge is 0.363 e. The Morgan fingerprint density at radius 3 is 2.55 bits per heavy atom. The van der Waals surface area contributed by atoms with Crippen LogP contribution in [0.4, 0.5) is 0 Å². The molecule has 0 aliphatic carbocycles. The van der Waals surface area contributed by atoms with Gasteiger partial charge in [-0.2, -0.15) is 0 Å². The van der Waals surface area contributed by atoms with E-state index in [1.807, 2.05) is 11.9 Å². The number of carbonyl (C=O) groups excluding carboxylic acids is 1. The van der Waals surface area contributed by atoms with Crippen molar-refractivity contribution in [3.05, 3.63) is 0 Å². The van der Waals surface area contributed by atoms with Crippen molar-refractivity contribution < 1.29 is 9.53 Å². The smallest absolute Gasteiger partial charge is 0.248 e. The lowest BCUT2D eigenvalue weighted by molar-refractivity contribution is -0.147. The fourth-order valence-corrected chi connectivity index (χ4v) is 2.97. The van der Waals surface area contributed by atoms with Crippen molar-refractivity contribution >= 4 is 5.91 Å². The van der Waals surface area contributed by atoms with Crippen LogP contribution in [0, 0.1) is 0 Å². The molecule has 1 amide bonds. The van der Waals surface area contributed by atoms with E-state index in [0.717, 1.165) is 39.0 Å². The van der Waals surface area contributed by atoms with Crippen LogP contribution in [0.2, 0.25) is 0 Å². The van der Waals surface area contributed by atoms with Crippen LogP contribution in [0.1, 0.15) is 33.1 Å². The molecule has 2 fully saturated rings. The molecule has 2 saturated heterocycles. The minimum Gasteiger partial charge on any atom is -0.363 e. The summed E-state index contributed by atoms with van der Waals surface area (Å²) in [6, 6.07) is 0.381. The van der Waals surface area contributed by atoms with E-state index in [1.54, 1.807) is 0 Å². The molecule has 0 radical (unpaired) electrons. The Kier molecular flexibility index (Phi) is 5.41. The summed E-state index contributed by atoms with van der Waals surface area (Å²) in [5.41, 5.74) is -0.138. The fraction of sp³-hybridized carbons (Fsp3) is 0.933. The van der Waals surface area contributed by atoms with Crippen LogP contribution < -0.4 is 5.32 Å². The molecule has 0 unspecified atom stereocenters. The number of nitrogens with one attached hydrogen (secondary N) is 1. The average molecular weight is 283 g/mol. The van der Waals surface area contributed by atoms with Crippen LogP contribution in [0.3, 0.4) is 0 Å². The molecule has 0 aromatic rings. The third-order valence-electron chi connectivity index (χ3n) is 4.58. The van der Waals surface area contributed by atoms with Crippen molar-refractivity contribution in [2.24, 2.45) is 0 Å². The first-order chi connectivity index (χ1) is 9.54. The standard InChI is InChI=1S/C15H29N3O2/c1-4-7-18-8-5-13(6-9-18)17(3)14(19)10-20-15(2)11-16-12-15/h13,16H,4-12H2,1-3H3. The Hall–Kier alpha value is -0.650. The summed E-state index contributed by atoms with van der Waals surface area (Å²) in [7, 11) is 1.92. The number of hydrogen-bond donors (Lipinski definition) is 1. The van der Waals surface area contributed by atoms with E-state index in [4.69, 9.17) is 4.74 Å². The van der Waals surface area contributed by atoms with E-state index < -0.39 is 0 Å². The summed E-state index contributed by atoms with van der Waals surface area (Å²) in [5.74, 6) is 0.118. The quantitative estimate of drug-likeness (QED) is 0.779. The number of nitrogens with zero attached hydrogens (tertiary/aromatic N) is 2. The molecule has 0 aromatic heterocycles. The van der Waals surface area contributed by atoms with Gasteiger partial charge in [-0.15, -0.1) is 0 Å². The number of amides is 1. The highest BCUT2D eigenvalue weighted by Crippen LogP contribution is 2.18. The molecular weight excluding hydrogens is 254 g/mol. The lowest BCUT2D eigenvalue weighted by atomic mass is 10.0. The molecule has 2 rings (SSSR count). The summed E-state index contributed by atoms with van der Waals surface area (Å²) in [6.07, 6.45) is 3.38. The molecule has 0 aromatic carbocycles. The van der Waals surface area contributed by atoms with Crippen molar-refractivity contribution in [2.75, 3.05) is 46.4 Å². The molecule has 2 aliphatic heterocycles. The van der Waals surface area contributed by atoms with E-state index in [1.165, 1.54) is 13.0 Å². The second-order valence-corrected chi connectivity index (χ2v) is 6.42. The van der Waals surface area contributed by atoms with Crippen LogP contribution in [0.15, 0.2) is 0 Å². The van der Waals surface area contributed by atoms with Crippen LogP contribution in [0.25, 0.3) is 0 Å². The Labute approximate surface area is 122 Å². The van der Waals surface area contributed by atoms with Gasteiger partial charge in [0.2, 0.25) is 5.91 Å². The summed E-state index contributed by atoms with van der Waals surface area (Å²) in [6.45, 7) is 9.58. The van der Waals surface area contributed by atoms with Crippen LogP contribution >= 0.6 is 0 Å². The Bertz CT molecular complexity index is 323. The summed E-state index contributed by atoms with van der Waals surface area (Å²) >= 11 is 0. The molecule has 5 heteroatoms. The van der Waals surface area contributed by atoms with Crippen molar-refractivity contribution in [3.8, 4) is 0 Å². The van der Waals surface area contributed by atoms with Crippen LogP contribution in [0.5, 0.6) is 0 Å². The van der Waals surface area contributed by atoms with Gasteiger partial charge < -0.3 is 19.9 Å². The SMILES string of the molecule is CCCN1CCC(N(C)C(=O)COC2(C)CNC2)CC1. The van der Waals surface area contributed by atoms with E-state index in [-0.39, 0.29) is 18.1 Å². The first-order valence-corrected chi connectivity index (χ1v) is 7.87. The maximum absolute atomic E-state index is 12.2. The minimum absolute atomic E-state index is 0.118. The van der Waals surface area contributed by atoms with Crippen LogP contribution in [-0.4, -0.2) is 73.7 Å². The number of likely N-dealkylation sites (N-methyl/N-ethyl adjacent to an activating group) is 1. The fourth-order valence-electron chi connectivity index (χ4n) is 2.97. The maximum atomic E-state index is 12.2. The van der Waals surface area contributed by atoms with Gasteiger partial charge in [-0.3, -0.25) is 4.79 Å². The number of ether oxygens (including phenoxy) is 1. The number of rotatable bonds is 6. The third-order valence-corrected chi connectivity index (χ3v) is 4.58. The second kappa shape index (κ2) is 6.87. The van der Waals surface area contributed by atoms with E-state index >= 15 is 0 Å². The Morgan fingerprint density at radius 2 is 2.05 bits per heavy atom. The molecule has 20 heavy (non-hydrogen) atoms. The van der Waals surface area contributed by atoms with Crippen molar-refractivity contribution in [3.63, 3.8) is 0 Å². The molecule has 0 atom stereocenters. The number of carbonyl (C=O) groups is 1. The lowest BCUT2D eigenvalue weighted by Crippen LogP contribution is -2.60. The highest BCUT2D eigenvalue weighted by Gasteiger charge is 2.34. The van der Waals surface area contributed by atoms with Crippen LogP contribution in [-0.2, 0) is 9.53 Å². The zero-order valence-electron chi connectivity index (χ0n) is 13.2. The summed E-state index contributed by atoms with van der Waals surface area (Å²) < 4.78 is 5.73. The van der Waals surface area contributed by atoms with Gasteiger partial charge in [-0.25, -0.2) is 0 Å². The Morgan fingerprint density at radius 1 is 1.40 bits per heavy atom. The van der Waals surface area contributed by atoms with Crippen molar-refractivity contribution in [2.45, 2.75) is 44.8 Å². The summed E-state index contributed by atoms with van der Waals surface area (Å²) in [5, 5.41) is 3.18. The van der Waals surface area contributed by atoms with E-state index in [0.29, 0.717) is 6.04 Å². The van der Waals surface area contributed by atoms with Gasteiger partial charge >= 0.3 is 0 Å². The third kappa shape index (κ3) is 3.93. The minimum atomic E-state index is -0.138. The van der Waals surface area contributed by atoms with Gasteiger partial charge in [0.15, 0.2) is 0 Å². The summed E-state index contributed by atoms with van der Waals surface area (Å²) in [4.78, 5) is 16.6. The van der Waals surface area contributed by atoms with Crippen molar-refractivity contribution in [1.29, 1.82) is 0 Å². The number of hydrogen-bond acceptors (Lipinski definition) is 4. The first kappa shape index (κ1) is 15.7. The second-order valence-electron chi connectivity index (χ2n) is 6.42. The monoisotopic (exact) mass is 283 g/mol. The number of likely N-dealkylation sites (tertiary alicyclic amines) is 1. The van der Waals surface area contributed by atoms with Gasteiger partial charge in [0.1, 0.15) is 6.61 Å². The first-order valence-electron chi connectivity index (χ1n) is 7.87. The van der Waals surface area contributed by atoms with E-state index in [9.17, 15) is 4.79 Å². The molecule has 0 saturated carbocycles. The predicted molar refractivity (Wildman–Crippen MR) is 79.7 cm³/mol. The molecule has 1 N–H and O–H groups in total. The van der Waals surface area contributed by atoms with Crippen molar-refractivity contribution in [1.82, 2.24) is 15.1 Å². The van der Waals surface area contributed by atoms with Gasteiger partial charge in [0, 0.05) is 39.3 Å². The van der Waals surface area contributed by atoms with Gasteiger partial charge in [0.05, 0.1) is 5.60 Å². The predicted octanol–water partition coefficient (Wildman–Crippen LogP) is 0.698. The lowest BCUT2D eigenvalue weighted by Gasteiger charge is -2.40. The highest BCUT2D eigenvalue weighted by atomic mass is 16.5. The highest BCUT2D eigenvalue weighted by molar-refractivity contribution is 5.77. The molecular formula is C15H29N3O2. The zero-order chi connectivity index (χ0) is 14.6. The molecule has 2 heterocycles. The molecule has 0 spiro atoms. The molecule has 2 aliphatic rings. The maximum Gasteiger partial charge on any atom is 0.248 e.